The van der Waals surface area contributed by atoms with Gasteiger partial charge in [-0.25, -0.2) is 4.79 Å². The van der Waals surface area contributed by atoms with Gasteiger partial charge >= 0.3 is 6.03 Å². The highest BCUT2D eigenvalue weighted by molar-refractivity contribution is 5.74. The molecule has 4 rings (SSSR count). The molecule has 0 saturated carbocycles. The summed E-state index contributed by atoms with van der Waals surface area (Å²) in [4.78, 5) is 16.9. The van der Waals surface area contributed by atoms with Crippen molar-refractivity contribution >= 4 is 6.03 Å². The van der Waals surface area contributed by atoms with E-state index < -0.39 is 0 Å². The Bertz CT molecular complexity index is 691. The Morgan fingerprint density at radius 1 is 1.16 bits per heavy atom. The Kier molecular flexibility index (Phi) is 4.70. The number of nitrogens with one attached hydrogen (secondary N) is 2. The van der Waals surface area contributed by atoms with Gasteiger partial charge in [0.05, 0.1) is 5.69 Å². The fourth-order valence-electron chi connectivity index (χ4n) is 3.84. The molecule has 6 heteroatoms. The fraction of sp³-hybridized carbons (Fsp3) is 0.474. The maximum absolute atomic E-state index is 12.4. The van der Waals surface area contributed by atoms with E-state index in [0.717, 1.165) is 36.3 Å². The lowest BCUT2D eigenvalue weighted by Crippen LogP contribution is -2.41. The summed E-state index contributed by atoms with van der Waals surface area (Å²) >= 11 is 0. The van der Waals surface area contributed by atoms with E-state index in [0.29, 0.717) is 12.6 Å². The number of hydrogen-bond donors (Lipinski definition) is 2. The highest BCUT2D eigenvalue weighted by Crippen LogP contribution is 2.20. The van der Waals surface area contributed by atoms with Crippen molar-refractivity contribution in [3.8, 4) is 11.3 Å². The summed E-state index contributed by atoms with van der Waals surface area (Å²) in [5.41, 5.74) is 3.20. The molecule has 3 heterocycles. The molecular formula is C19H25N5O. The van der Waals surface area contributed by atoms with Gasteiger partial charge in [0.25, 0.3) is 0 Å². The normalized spacial score (nSPS) is 21.0. The molecule has 25 heavy (non-hydrogen) atoms. The highest BCUT2D eigenvalue weighted by Gasteiger charge is 2.31. The first-order valence-corrected chi connectivity index (χ1v) is 9.15. The lowest BCUT2D eigenvalue weighted by atomic mass is 10.1. The first kappa shape index (κ1) is 16.1. The van der Waals surface area contributed by atoms with Crippen molar-refractivity contribution in [3.63, 3.8) is 0 Å². The van der Waals surface area contributed by atoms with E-state index in [1.165, 1.54) is 25.9 Å². The van der Waals surface area contributed by atoms with Crippen molar-refractivity contribution in [2.45, 2.75) is 31.8 Å². The molecule has 1 atom stereocenters. The van der Waals surface area contributed by atoms with E-state index in [-0.39, 0.29) is 6.03 Å². The number of H-pyrrole nitrogens is 1. The largest absolute Gasteiger partial charge is 0.334 e. The Hall–Kier alpha value is -2.34. The zero-order valence-electron chi connectivity index (χ0n) is 14.4. The SMILES string of the molecule is O=C(NCc1ccc(-c2ccn[nH]2)cc1)N1CC[C@@H](N2CCCC2)C1. The van der Waals surface area contributed by atoms with Crippen LogP contribution in [0.5, 0.6) is 0 Å². The summed E-state index contributed by atoms with van der Waals surface area (Å²) in [6, 6.07) is 10.8. The number of likely N-dealkylation sites (tertiary alicyclic amines) is 2. The third kappa shape index (κ3) is 3.69. The number of rotatable bonds is 4. The predicted octanol–water partition coefficient (Wildman–Crippen LogP) is 2.46. The third-order valence-electron chi connectivity index (χ3n) is 5.32. The summed E-state index contributed by atoms with van der Waals surface area (Å²) in [6.45, 7) is 4.69. The molecule has 1 aromatic carbocycles. The minimum absolute atomic E-state index is 0.0549. The number of carbonyl (C=O) groups excluding carboxylic acids is 1. The van der Waals surface area contributed by atoms with Gasteiger partial charge in [-0.2, -0.15) is 5.10 Å². The molecule has 2 aliphatic heterocycles. The quantitative estimate of drug-likeness (QED) is 0.899. The van der Waals surface area contributed by atoms with Crippen LogP contribution in [0.4, 0.5) is 4.79 Å². The minimum atomic E-state index is 0.0549. The van der Waals surface area contributed by atoms with Crippen LogP contribution in [0.3, 0.4) is 0 Å². The van der Waals surface area contributed by atoms with Crippen molar-refractivity contribution in [3.05, 3.63) is 42.1 Å². The molecule has 0 spiro atoms. The number of urea groups is 1. The smallest absolute Gasteiger partial charge is 0.317 e. The standard InChI is InChI=1S/C19H25N5O/c25-19(24-12-8-17(14-24)23-10-1-2-11-23)20-13-15-3-5-16(6-4-15)18-7-9-21-22-18/h3-7,9,17H,1-2,8,10-14H2,(H,20,25)(H,21,22)/t17-/m1/s1. The Morgan fingerprint density at radius 3 is 2.68 bits per heavy atom. The van der Waals surface area contributed by atoms with E-state index in [1.54, 1.807) is 6.20 Å². The molecule has 0 radical (unpaired) electrons. The van der Waals surface area contributed by atoms with Gasteiger partial charge in [-0.15, -0.1) is 0 Å². The van der Waals surface area contributed by atoms with Crippen molar-refractivity contribution < 1.29 is 4.79 Å². The summed E-state index contributed by atoms with van der Waals surface area (Å²) < 4.78 is 0. The lowest BCUT2D eigenvalue weighted by molar-refractivity contribution is 0.198. The number of aromatic nitrogens is 2. The molecule has 0 aliphatic carbocycles. The first-order chi connectivity index (χ1) is 12.3. The molecule has 0 unspecified atom stereocenters. The average Bonchev–Trinajstić information content (AvgIpc) is 3.42. The van der Waals surface area contributed by atoms with Crippen LogP contribution in [0, 0.1) is 0 Å². The van der Waals surface area contributed by atoms with Crippen LogP contribution in [0.15, 0.2) is 36.5 Å². The Morgan fingerprint density at radius 2 is 1.96 bits per heavy atom. The molecule has 2 amide bonds. The molecule has 2 fully saturated rings. The number of amides is 2. The monoisotopic (exact) mass is 339 g/mol. The van der Waals surface area contributed by atoms with Crippen LogP contribution in [0.2, 0.25) is 0 Å². The molecule has 2 saturated heterocycles. The first-order valence-electron chi connectivity index (χ1n) is 9.15. The van der Waals surface area contributed by atoms with Gasteiger partial charge in [0, 0.05) is 31.9 Å². The van der Waals surface area contributed by atoms with Crippen LogP contribution in [-0.4, -0.2) is 58.2 Å². The zero-order chi connectivity index (χ0) is 17.1. The summed E-state index contributed by atoms with van der Waals surface area (Å²) in [5, 5.41) is 9.98. The van der Waals surface area contributed by atoms with Crippen molar-refractivity contribution in [2.24, 2.45) is 0 Å². The van der Waals surface area contributed by atoms with Gasteiger partial charge in [0.1, 0.15) is 0 Å². The van der Waals surface area contributed by atoms with Crippen LogP contribution in [-0.2, 0) is 6.54 Å². The molecule has 2 aromatic rings. The molecular weight excluding hydrogens is 314 g/mol. The molecule has 2 aliphatic rings. The maximum Gasteiger partial charge on any atom is 0.317 e. The summed E-state index contributed by atoms with van der Waals surface area (Å²) in [6.07, 6.45) is 5.45. The average molecular weight is 339 g/mol. The minimum Gasteiger partial charge on any atom is -0.334 e. The van der Waals surface area contributed by atoms with Crippen LogP contribution in [0.25, 0.3) is 11.3 Å². The van der Waals surface area contributed by atoms with Gasteiger partial charge in [0.15, 0.2) is 0 Å². The van der Waals surface area contributed by atoms with Crippen molar-refractivity contribution in [2.75, 3.05) is 26.2 Å². The van der Waals surface area contributed by atoms with Crippen molar-refractivity contribution in [1.29, 1.82) is 0 Å². The number of hydrogen-bond acceptors (Lipinski definition) is 3. The Balaban J connectivity index is 1.27. The third-order valence-corrected chi connectivity index (χ3v) is 5.32. The molecule has 6 nitrogen and oxygen atoms in total. The van der Waals surface area contributed by atoms with Gasteiger partial charge in [0.2, 0.25) is 0 Å². The number of nitrogens with zero attached hydrogens (tertiary/aromatic N) is 3. The van der Waals surface area contributed by atoms with Gasteiger partial charge in [-0.1, -0.05) is 24.3 Å². The van der Waals surface area contributed by atoms with Crippen LogP contribution < -0.4 is 5.32 Å². The van der Waals surface area contributed by atoms with Gasteiger partial charge in [-0.05, 0) is 49.5 Å². The number of benzene rings is 1. The van der Waals surface area contributed by atoms with E-state index >= 15 is 0 Å². The number of aromatic amines is 1. The second-order valence-corrected chi connectivity index (χ2v) is 6.96. The van der Waals surface area contributed by atoms with Crippen molar-refractivity contribution in [1.82, 2.24) is 25.3 Å². The topological polar surface area (TPSA) is 64.3 Å². The van der Waals surface area contributed by atoms with E-state index in [4.69, 9.17) is 0 Å². The van der Waals surface area contributed by atoms with E-state index in [2.05, 4.69) is 20.4 Å². The van der Waals surface area contributed by atoms with Gasteiger partial charge in [-0.3, -0.25) is 10.00 Å². The Labute approximate surface area is 148 Å². The predicted molar refractivity (Wildman–Crippen MR) is 97.0 cm³/mol. The zero-order valence-corrected chi connectivity index (χ0v) is 14.4. The molecule has 0 bridgehead atoms. The number of carbonyl (C=O) groups is 1. The highest BCUT2D eigenvalue weighted by atomic mass is 16.2. The maximum atomic E-state index is 12.4. The summed E-state index contributed by atoms with van der Waals surface area (Å²) in [7, 11) is 0. The second-order valence-electron chi connectivity index (χ2n) is 6.96. The van der Waals surface area contributed by atoms with Crippen LogP contribution in [0.1, 0.15) is 24.8 Å². The fourth-order valence-corrected chi connectivity index (χ4v) is 3.84. The second kappa shape index (κ2) is 7.27. The van der Waals surface area contributed by atoms with E-state index in [9.17, 15) is 4.79 Å². The van der Waals surface area contributed by atoms with Crippen LogP contribution >= 0.6 is 0 Å². The molecule has 1 aromatic heterocycles. The lowest BCUT2D eigenvalue weighted by Gasteiger charge is -2.23. The van der Waals surface area contributed by atoms with E-state index in [1.807, 2.05) is 35.2 Å². The molecule has 2 N–H and O–H groups in total. The molecule has 132 valence electrons. The summed E-state index contributed by atoms with van der Waals surface area (Å²) in [5.74, 6) is 0. The van der Waals surface area contributed by atoms with Gasteiger partial charge < -0.3 is 10.2 Å².